The monoisotopic (exact) mass is 176 g/mol. The minimum Gasteiger partial charge on any atom is -0.309 e. The number of nitrogens with one attached hydrogen (secondary N) is 1. The number of hydrogen-bond donors (Lipinski definition) is 1. The highest BCUT2D eigenvalue weighted by molar-refractivity contribution is 5.17. The van der Waals surface area contributed by atoms with E-state index in [1.807, 2.05) is 12.3 Å². The van der Waals surface area contributed by atoms with Crippen molar-refractivity contribution in [3.63, 3.8) is 0 Å². The quantitative estimate of drug-likeness (QED) is 0.709. The SMILES string of the molecule is Cc1ccnc([C@@H]2CCCCN2)c1. The van der Waals surface area contributed by atoms with Crippen molar-refractivity contribution >= 4 is 0 Å². The Kier molecular flexibility index (Phi) is 2.60. The van der Waals surface area contributed by atoms with Crippen molar-refractivity contribution in [1.29, 1.82) is 0 Å². The van der Waals surface area contributed by atoms with Crippen molar-refractivity contribution in [1.82, 2.24) is 10.3 Å². The molecule has 1 fully saturated rings. The van der Waals surface area contributed by atoms with Gasteiger partial charge in [-0.05, 0) is 44.0 Å². The van der Waals surface area contributed by atoms with Crippen LogP contribution in [0.4, 0.5) is 0 Å². The normalized spacial score (nSPS) is 23.0. The molecule has 70 valence electrons. The van der Waals surface area contributed by atoms with Gasteiger partial charge in [0.05, 0.1) is 5.69 Å². The molecule has 1 aliphatic heterocycles. The van der Waals surface area contributed by atoms with Crippen LogP contribution >= 0.6 is 0 Å². The molecule has 0 unspecified atom stereocenters. The van der Waals surface area contributed by atoms with Crippen molar-refractivity contribution in [2.45, 2.75) is 32.2 Å². The van der Waals surface area contributed by atoms with Crippen LogP contribution in [0.5, 0.6) is 0 Å². The Bertz CT molecular complexity index is 277. The first-order chi connectivity index (χ1) is 6.36. The summed E-state index contributed by atoms with van der Waals surface area (Å²) in [5.41, 5.74) is 2.51. The van der Waals surface area contributed by atoms with E-state index < -0.39 is 0 Å². The summed E-state index contributed by atoms with van der Waals surface area (Å²) in [6.07, 6.45) is 5.77. The van der Waals surface area contributed by atoms with Crippen LogP contribution in [0.1, 0.15) is 36.6 Å². The van der Waals surface area contributed by atoms with Crippen molar-refractivity contribution in [2.24, 2.45) is 0 Å². The van der Waals surface area contributed by atoms with Crippen molar-refractivity contribution < 1.29 is 0 Å². The maximum Gasteiger partial charge on any atom is 0.0575 e. The Morgan fingerprint density at radius 3 is 3.08 bits per heavy atom. The molecule has 0 aliphatic carbocycles. The average Bonchev–Trinajstić information content (AvgIpc) is 2.19. The molecule has 0 bridgehead atoms. The largest absolute Gasteiger partial charge is 0.309 e. The van der Waals surface area contributed by atoms with E-state index >= 15 is 0 Å². The van der Waals surface area contributed by atoms with Crippen LogP contribution in [0.3, 0.4) is 0 Å². The molecule has 1 aromatic heterocycles. The van der Waals surface area contributed by atoms with Gasteiger partial charge >= 0.3 is 0 Å². The lowest BCUT2D eigenvalue weighted by atomic mass is 10.0. The molecule has 1 aliphatic rings. The molecule has 0 aromatic carbocycles. The first kappa shape index (κ1) is 8.70. The fourth-order valence-electron chi connectivity index (χ4n) is 1.85. The minimum atomic E-state index is 0.494. The Balaban J connectivity index is 2.14. The number of rotatable bonds is 1. The van der Waals surface area contributed by atoms with E-state index in [4.69, 9.17) is 0 Å². The number of piperidine rings is 1. The molecular formula is C11H16N2. The maximum absolute atomic E-state index is 4.40. The predicted molar refractivity (Wildman–Crippen MR) is 53.6 cm³/mol. The van der Waals surface area contributed by atoms with Gasteiger partial charge in [0.15, 0.2) is 0 Å². The average molecular weight is 176 g/mol. The van der Waals surface area contributed by atoms with Gasteiger partial charge in [-0.1, -0.05) is 6.42 Å². The third-order valence-electron chi connectivity index (χ3n) is 2.60. The van der Waals surface area contributed by atoms with Gasteiger partial charge in [0.25, 0.3) is 0 Å². The molecule has 1 saturated heterocycles. The summed E-state index contributed by atoms with van der Waals surface area (Å²) in [6, 6.07) is 4.73. The summed E-state index contributed by atoms with van der Waals surface area (Å²) in [4.78, 5) is 4.40. The Morgan fingerprint density at radius 2 is 2.38 bits per heavy atom. The first-order valence-electron chi connectivity index (χ1n) is 5.02. The topological polar surface area (TPSA) is 24.9 Å². The summed E-state index contributed by atoms with van der Waals surface area (Å²) < 4.78 is 0. The van der Waals surface area contributed by atoms with Gasteiger partial charge in [0, 0.05) is 12.2 Å². The van der Waals surface area contributed by atoms with Crippen LogP contribution < -0.4 is 5.32 Å². The highest BCUT2D eigenvalue weighted by Crippen LogP contribution is 2.21. The second kappa shape index (κ2) is 3.88. The van der Waals surface area contributed by atoms with E-state index in [2.05, 4.69) is 23.3 Å². The van der Waals surface area contributed by atoms with Crippen molar-refractivity contribution in [2.75, 3.05) is 6.54 Å². The van der Waals surface area contributed by atoms with Crippen LogP contribution in [0.15, 0.2) is 18.3 Å². The summed E-state index contributed by atoms with van der Waals surface area (Å²) in [5.74, 6) is 0. The predicted octanol–water partition coefficient (Wildman–Crippen LogP) is 2.20. The smallest absolute Gasteiger partial charge is 0.0575 e. The van der Waals surface area contributed by atoms with E-state index in [0.29, 0.717) is 6.04 Å². The Labute approximate surface area is 79.4 Å². The lowest BCUT2D eigenvalue weighted by molar-refractivity contribution is 0.405. The van der Waals surface area contributed by atoms with Gasteiger partial charge in [0.2, 0.25) is 0 Å². The zero-order chi connectivity index (χ0) is 9.10. The molecule has 2 heterocycles. The summed E-state index contributed by atoms with van der Waals surface area (Å²) >= 11 is 0. The molecule has 2 rings (SSSR count). The molecule has 0 saturated carbocycles. The third kappa shape index (κ3) is 2.07. The lowest BCUT2D eigenvalue weighted by Crippen LogP contribution is -2.27. The van der Waals surface area contributed by atoms with Crippen molar-refractivity contribution in [3.8, 4) is 0 Å². The molecule has 2 heteroatoms. The molecule has 0 amide bonds. The molecular weight excluding hydrogens is 160 g/mol. The molecule has 2 nitrogen and oxygen atoms in total. The van der Waals surface area contributed by atoms with E-state index in [1.165, 1.54) is 30.5 Å². The third-order valence-corrected chi connectivity index (χ3v) is 2.60. The number of hydrogen-bond acceptors (Lipinski definition) is 2. The number of nitrogens with zero attached hydrogens (tertiary/aromatic N) is 1. The standard InChI is InChI=1S/C11H16N2/c1-9-5-7-13-11(8-9)10-4-2-3-6-12-10/h5,7-8,10,12H,2-4,6H2,1H3/t10-/m0/s1. The van der Waals surface area contributed by atoms with E-state index in [9.17, 15) is 0 Å². The van der Waals surface area contributed by atoms with Gasteiger partial charge in [0.1, 0.15) is 0 Å². The summed E-state index contributed by atoms with van der Waals surface area (Å²) in [6.45, 7) is 3.26. The fourth-order valence-corrected chi connectivity index (χ4v) is 1.85. The zero-order valence-electron chi connectivity index (χ0n) is 8.09. The lowest BCUT2D eigenvalue weighted by Gasteiger charge is -2.22. The number of pyridine rings is 1. The second-order valence-electron chi connectivity index (χ2n) is 3.76. The van der Waals surface area contributed by atoms with Crippen LogP contribution in [-0.2, 0) is 0 Å². The minimum absolute atomic E-state index is 0.494. The maximum atomic E-state index is 4.40. The van der Waals surface area contributed by atoms with Gasteiger partial charge in [-0.2, -0.15) is 0 Å². The van der Waals surface area contributed by atoms with E-state index in [1.54, 1.807) is 0 Å². The van der Waals surface area contributed by atoms with Gasteiger partial charge < -0.3 is 5.32 Å². The Hall–Kier alpha value is -0.890. The van der Waals surface area contributed by atoms with E-state index in [-0.39, 0.29) is 0 Å². The molecule has 1 N–H and O–H groups in total. The Morgan fingerprint density at radius 1 is 1.46 bits per heavy atom. The molecule has 13 heavy (non-hydrogen) atoms. The molecule has 0 spiro atoms. The van der Waals surface area contributed by atoms with Crippen molar-refractivity contribution in [3.05, 3.63) is 29.6 Å². The summed E-state index contributed by atoms with van der Waals surface area (Å²) in [5, 5.41) is 3.50. The van der Waals surface area contributed by atoms with Crippen LogP contribution in [0.2, 0.25) is 0 Å². The summed E-state index contributed by atoms with van der Waals surface area (Å²) in [7, 11) is 0. The second-order valence-corrected chi connectivity index (χ2v) is 3.76. The van der Waals surface area contributed by atoms with Gasteiger partial charge in [-0.25, -0.2) is 0 Å². The van der Waals surface area contributed by atoms with Gasteiger partial charge in [-0.3, -0.25) is 4.98 Å². The molecule has 0 radical (unpaired) electrons. The van der Waals surface area contributed by atoms with Crippen LogP contribution in [-0.4, -0.2) is 11.5 Å². The highest BCUT2D eigenvalue weighted by atomic mass is 14.9. The number of aryl methyl sites for hydroxylation is 1. The fraction of sp³-hybridized carbons (Fsp3) is 0.545. The molecule has 1 atom stereocenters. The number of aromatic nitrogens is 1. The highest BCUT2D eigenvalue weighted by Gasteiger charge is 2.15. The van der Waals surface area contributed by atoms with Gasteiger partial charge in [-0.15, -0.1) is 0 Å². The van der Waals surface area contributed by atoms with E-state index in [0.717, 1.165) is 6.54 Å². The molecule has 1 aromatic rings. The van der Waals surface area contributed by atoms with Crippen LogP contribution in [0.25, 0.3) is 0 Å². The van der Waals surface area contributed by atoms with Crippen LogP contribution in [0, 0.1) is 6.92 Å². The first-order valence-corrected chi connectivity index (χ1v) is 5.02. The zero-order valence-corrected chi connectivity index (χ0v) is 8.09.